The summed E-state index contributed by atoms with van der Waals surface area (Å²) < 4.78 is 23.1. The van der Waals surface area contributed by atoms with Gasteiger partial charge in [-0.15, -0.1) is 0 Å². The highest BCUT2D eigenvalue weighted by Crippen LogP contribution is 2.39. The van der Waals surface area contributed by atoms with Crippen molar-refractivity contribution in [1.82, 2.24) is 0 Å². The van der Waals surface area contributed by atoms with Gasteiger partial charge < -0.3 is 18.9 Å². The molecule has 0 saturated carbocycles. The third-order valence-electron chi connectivity index (χ3n) is 4.13. The Morgan fingerprint density at radius 2 is 1.33 bits per heavy atom. The molecule has 0 fully saturated rings. The lowest BCUT2D eigenvalue weighted by molar-refractivity contribution is -0.210. The van der Waals surface area contributed by atoms with Crippen LogP contribution in [0, 0.1) is 0 Å². The summed E-state index contributed by atoms with van der Waals surface area (Å²) in [5, 5.41) is 0. The molecule has 0 aliphatic rings. The molecule has 27 heavy (non-hydrogen) atoms. The summed E-state index contributed by atoms with van der Waals surface area (Å²) in [6, 6.07) is 14.4. The van der Waals surface area contributed by atoms with E-state index in [-0.39, 0.29) is 5.78 Å². The molecule has 5 nitrogen and oxygen atoms in total. The van der Waals surface area contributed by atoms with Gasteiger partial charge in [0.25, 0.3) is 5.79 Å². The number of hydrogen-bond acceptors (Lipinski definition) is 5. The van der Waals surface area contributed by atoms with E-state index >= 15 is 0 Å². The first-order chi connectivity index (χ1) is 13.1. The summed E-state index contributed by atoms with van der Waals surface area (Å²) in [5.41, 5.74) is 0.948. The van der Waals surface area contributed by atoms with E-state index < -0.39 is 5.79 Å². The second-order valence-corrected chi connectivity index (χ2v) is 6.04. The van der Waals surface area contributed by atoms with Crippen molar-refractivity contribution in [2.24, 2.45) is 0 Å². The number of Topliss-reactive ketones (excluding diaryl/α,β-unsaturated/α-hetero) is 1. The van der Waals surface area contributed by atoms with Gasteiger partial charge in [-0.3, -0.25) is 4.79 Å². The van der Waals surface area contributed by atoms with Crippen molar-refractivity contribution in [2.45, 2.75) is 32.5 Å². The van der Waals surface area contributed by atoms with Crippen LogP contribution >= 0.6 is 0 Å². The van der Waals surface area contributed by atoms with E-state index in [4.69, 9.17) is 18.9 Å². The highest BCUT2D eigenvalue weighted by molar-refractivity contribution is 6.04. The van der Waals surface area contributed by atoms with E-state index in [1.165, 1.54) is 7.11 Å². The minimum atomic E-state index is -1.60. The molecule has 0 bridgehead atoms. The highest BCUT2D eigenvalue weighted by atomic mass is 16.7. The third-order valence-corrected chi connectivity index (χ3v) is 4.13. The molecular weight excluding hydrogens is 344 g/mol. The number of ether oxygens (including phenoxy) is 4. The molecule has 2 aromatic rings. The predicted octanol–water partition coefficient (Wildman–Crippen LogP) is 4.59. The summed E-state index contributed by atoms with van der Waals surface area (Å²) in [5.74, 6) is -0.908. The lowest BCUT2D eigenvalue weighted by Crippen LogP contribution is -2.43. The van der Waals surface area contributed by atoms with E-state index in [9.17, 15) is 4.79 Å². The Bertz CT molecular complexity index is 733. The van der Waals surface area contributed by atoms with Crippen LogP contribution < -0.4 is 9.47 Å². The number of methoxy groups -OCH3 is 2. The monoisotopic (exact) mass is 372 g/mol. The Kier molecular flexibility index (Phi) is 7.82. The summed E-state index contributed by atoms with van der Waals surface area (Å²) >= 11 is 0. The molecule has 0 radical (unpaired) electrons. The van der Waals surface area contributed by atoms with Crippen LogP contribution in [0.2, 0.25) is 0 Å². The van der Waals surface area contributed by atoms with Gasteiger partial charge in [0, 0.05) is 0 Å². The Balaban J connectivity index is 2.67. The fraction of sp³-hybridized carbons (Fsp3) is 0.409. The topological polar surface area (TPSA) is 54.0 Å². The maximum atomic E-state index is 13.7. The molecule has 0 aliphatic heterocycles. The molecular formula is C22H28O5. The summed E-state index contributed by atoms with van der Waals surface area (Å²) in [4.78, 5) is 13.7. The number of ketones is 1. The van der Waals surface area contributed by atoms with Crippen LogP contribution in [0.1, 0.15) is 42.6 Å². The zero-order valence-electron chi connectivity index (χ0n) is 16.5. The smallest absolute Gasteiger partial charge is 0.265 e. The van der Waals surface area contributed by atoms with E-state index in [1.807, 2.05) is 32.0 Å². The van der Waals surface area contributed by atoms with Crippen LogP contribution in [0.3, 0.4) is 0 Å². The highest BCUT2D eigenvalue weighted by Gasteiger charge is 2.46. The van der Waals surface area contributed by atoms with Crippen molar-refractivity contribution in [3.8, 4) is 11.5 Å². The summed E-state index contributed by atoms with van der Waals surface area (Å²) in [7, 11) is 3.10. The predicted molar refractivity (Wildman–Crippen MR) is 104 cm³/mol. The van der Waals surface area contributed by atoms with Gasteiger partial charge in [0.15, 0.2) is 0 Å². The number of hydrogen-bond donors (Lipinski definition) is 0. The standard InChI is InChI=1S/C22H28O5/c1-5-15-26-22(27-16-6-2,18-12-8-10-14-20(18)25-4)21(23)17-11-7-9-13-19(17)24-3/h7-14H,5-6,15-16H2,1-4H3. The molecule has 0 amide bonds. The first kappa shape index (κ1) is 20.9. The SMILES string of the molecule is CCCOC(OCCC)(C(=O)c1ccccc1OC)c1ccccc1OC. The lowest BCUT2D eigenvalue weighted by Gasteiger charge is -2.34. The third kappa shape index (κ3) is 4.49. The Labute approximate surface area is 161 Å². The van der Waals surface area contributed by atoms with Gasteiger partial charge in [-0.1, -0.05) is 38.1 Å². The van der Waals surface area contributed by atoms with Crippen LogP contribution in [0.15, 0.2) is 48.5 Å². The first-order valence-corrected chi connectivity index (χ1v) is 9.23. The van der Waals surface area contributed by atoms with Crippen molar-refractivity contribution in [3.63, 3.8) is 0 Å². The Morgan fingerprint density at radius 1 is 0.815 bits per heavy atom. The molecule has 0 spiro atoms. The molecule has 0 atom stereocenters. The molecule has 2 rings (SSSR count). The van der Waals surface area contributed by atoms with Crippen LogP contribution in [0.5, 0.6) is 11.5 Å². The lowest BCUT2D eigenvalue weighted by atomic mass is 9.94. The molecule has 0 N–H and O–H groups in total. The molecule has 2 aromatic carbocycles. The van der Waals surface area contributed by atoms with Gasteiger partial charge in [0.2, 0.25) is 5.78 Å². The van der Waals surface area contributed by atoms with Crippen LogP contribution in [0.4, 0.5) is 0 Å². The van der Waals surface area contributed by atoms with Gasteiger partial charge in [-0.25, -0.2) is 0 Å². The van der Waals surface area contributed by atoms with Crippen molar-refractivity contribution in [3.05, 3.63) is 59.7 Å². The van der Waals surface area contributed by atoms with E-state index in [1.54, 1.807) is 37.4 Å². The van der Waals surface area contributed by atoms with Crippen molar-refractivity contribution in [1.29, 1.82) is 0 Å². The largest absolute Gasteiger partial charge is 0.496 e. The normalized spacial score (nSPS) is 11.3. The minimum Gasteiger partial charge on any atom is -0.496 e. The van der Waals surface area contributed by atoms with Gasteiger partial charge in [-0.05, 0) is 37.1 Å². The Hall–Kier alpha value is -2.37. The maximum absolute atomic E-state index is 13.7. The summed E-state index contributed by atoms with van der Waals surface area (Å²) in [6.45, 7) is 4.70. The zero-order valence-corrected chi connectivity index (χ0v) is 16.5. The number of benzene rings is 2. The Morgan fingerprint density at radius 3 is 1.89 bits per heavy atom. The quantitative estimate of drug-likeness (QED) is 0.426. The summed E-state index contributed by atoms with van der Waals surface area (Å²) in [6.07, 6.45) is 1.48. The molecule has 0 saturated heterocycles. The molecule has 0 unspecified atom stereocenters. The van der Waals surface area contributed by atoms with Crippen LogP contribution in [-0.2, 0) is 15.3 Å². The number of carbonyl (C=O) groups excluding carboxylic acids is 1. The van der Waals surface area contributed by atoms with Crippen LogP contribution in [0.25, 0.3) is 0 Å². The second kappa shape index (κ2) is 10.1. The van der Waals surface area contributed by atoms with E-state index in [0.29, 0.717) is 35.8 Å². The fourth-order valence-electron chi connectivity index (χ4n) is 2.87. The van der Waals surface area contributed by atoms with Gasteiger partial charge in [0.1, 0.15) is 11.5 Å². The van der Waals surface area contributed by atoms with Gasteiger partial charge in [0.05, 0.1) is 38.6 Å². The number of para-hydroxylation sites is 2. The zero-order chi connectivity index (χ0) is 19.7. The minimum absolute atomic E-state index is 0.314. The van der Waals surface area contributed by atoms with E-state index in [0.717, 1.165) is 12.8 Å². The molecule has 146 valence electrons. The van der Waals surface area contributed by atoms with Gasteiger partial charge in [-0.2, -0.15) is 0 Å². The average Bonchev–Trinajstić information content (AvgIpc) is 2.73. The maximum Gasteiger partial charge on any atom is 0.265 e. The molecule has 5 heteroatoms. The first-order valence-electron chi connectivity index (χ1n) is 9.23. The molecule has 0 aromatic heterocycles. The average molecular weight is 372 g/mol. The van der Waals surface area contributed by atoms with Crippen molar-refractivity contribution < 1.29 is 23.7 Å². The number of carbonyl (C=O) groups is 1. The second-order valence-electron chi connectivity index (χ2n) is 6.04. The van der Waals surface area contributed by atoms with E-state index in [2.05, 4.69) is 0 Å². The fourth-order valence-corrected chi connectivity index (χ4v) is 2.87. The van der Waals surface area contributed by atoms with Crippen LogP contribution in [-0.4, -0.2) is 33.2 Å². The van der Waals surface area contributed by atoms with Gasteiger partial charge >= 0.3 is 0 Å². The molecule has 0 heterocycles. The molecule has 0 aliphatic carbocycles. The van der Waals surface area contributed by atoms with Crippen molar-refractivity contribution >= 4 is 5.78 Å². The van der Waals surface area contributed by atoms with Crippen molar-refractivity contribution in [2.75, 3.05) is 27.4 Å². The number of rotatable bonds is 11.